The van der Waals surface area contributed by atoms with Gasteiger partial charge in [-0.2, -0.15) is 0 Å². The van der Waals surface area contributed by atoms with Gasteiger partial charge in [0.25, 0.3) is 5.91 Å². The molecule has 6 nitrogen and oxygen atoms in total. The molecule has 0 aliphatic carbocycles. The van der Waals surface area contributed by atoms with E-state index in [1.807, 2.05) is 0 Å². The van der Waals surface area contributed by atoms with Gasteiger partial charge in [-0.15, -0.1) is 0 Å². The number of halogens is 1. The number of nitrogens with zero attached hydrogens (tertiary/aromatic N) is 1. The van der Waals surface area contributed by atoms with Crippen LogP contribution in [-0.4, -0.2) is 54.5 Å². The molecule has 8 heteroatoms. The van der Waals surface area contributed by atoms with Crippen LogP contribution in [0.4, 0.5) is 4.39 Å². The molecule has 0 unspecified atom stereocenters. The van der Waals surface area contributed by atoms with Crippen LogP contribution >= 0.6 is 0 Å². The van der Waals surface area contributed by atoms with E-state index in [0.717, 1.165) is 12.1 Å². The Labute approximate surface area is 109 Å². The van der Waals surface area contributed by atoms with E-state index in [1.54, 1.807) is 4.90 Å². The number of hydrogen-bond donors (Lipinski definition) is 2. The van der Waals surface area contributed by atoms with Gasteiger partial charge in [-0.05, 0) is 18.2 Å². The summed E-state index contributed by atoms with van der Waals surface area (Å²) in [6.45, 7) is 1.86. The van der Waals surface area contributed by atoms with Crippen molar-refractivity contribution in [3.63, 3.8) is 0 Å². The third kappa shape index (κ3) is 3.43. The van der Waals surface area contributed by atoms with Crippen LogP contribution in [0.3, 0.4) is 0 Å². The minimum absolute atomic E-state index is 0.221. The predicted octanol–water partition coefficient (Wildman–Crippen LogP) is -0.354. The standard InChI is InChI=1S/C11H13BFNO5/c13-9-2-1-8(7-10(9)19-12(16)17)11(15)14-3-5-18-6-4-14/h1-2,7,16-17H,3-6H2. The zero-order valence-electron chi connectivity index (χ0n) is 10.1. The maximum Gasteiger partial charge on any atom is 0.707 e. The lowest BCUT2D eigenvalue weighted by Gasteiger charge is -2.27. The highest BCUT2D eigenvalue weighted by atomic mass is 19.1. The van der Waals surface area contributed by atoms with Crippen molar-refractivity contribution in [1.82, 2.24) is 4.90 Å². The summed E-state index contributed by atoms with van der Waals surface area (Å²) in [7, 11) is -2.14. The van der Waals surface area contributed by atoms with E-state index in [0.29, 0.717) is 26.3 Å². The SMILES string of the molecule is O=C(c1ccc(F)c(OB(O)O)c1)N1CCOCC1. The molecular formula is C11H13BFNO5. The Morgan fingerprint density at radius 3 is 2.68 bits per heavy atom. The predicted molar refractivity (Wildman–Crippen MR) is 63.9 cm³/mol. The normalized spacial score (nSPS) is 15.2. The van der Waals surface area contributed by atoms with Gasteiger partial charge in [0.2, 0.25) is 0 Å². The summed E-state index contributed by atoms with van der Waals surface area (Å²) >= 11 is 0. The summed E-state index contributed by atoms with van der Waals surface area (Å²) in [5, 5.41) is 17.3. The Morgan fingerprint density at radius 2 is 2.05 bits per heavy atom. The van der Waals surface area contributed by atoms with Crippen molar-refractivity contribution < 1.29 is 28.6 Å². The quantitative estimate of drug-likeness (QED) is 0.733. The van der Waals surface area contributed by atoms with Crippen LogP contribution in [-0.2, 0) is 4.74 Å². The Morgan fingerprint density at radius 1 is 1.37 bits per heavy atom. The largest absolute Gasteiger partial charge is 0.707 e. The van der Waals surface area contributed by atoms with Crippen molar-refractivity contribution in [2.75, 3.05) is 26.3 Å². The second kappa shape index (κ2) is 6.00. The molecule has 2 N–H and O–H groups in total. The number of rotatable bonds is 3. The average molecular weight is 269 g/mol. The van der Waals surface area contributed by atoms with E-state index in [2.05, 4.69) is 4.65 Å². The number of morpholine rings is 1. The highest BCUT2D eigenvalue weighted by Crippen LogP contribution is 2.20. The lowest BCUT2D eigenvalue weighted by atomic mass is 10.1. The lowest BCUT2D eigenvalue weighted by molar-refractivity contribution is 0.0302. The fraction of sp³-hybridized carbons (Fsp3) is 0.364. The van der Waals surface area contributed by atoms with Gasteiger partial charge in [0.05, 0.1) is 13.2 Å². The highest BCUT2D eigenvalue weighted by molar-refractivity contribution is 6.33. The van der Waals surface area contributed by atoms with Crippen LogP contribution in [0.2, 0.25) is 0 Å². The van der Waals surface area contributed by atoms with Gasteiger partial charge in [0, 0.05) is 18.7 Å². The molecule has 0 radical (unpaired) electrons. The molecule has 1 amide bonds. The fourth-order valence-electron chi connectivity index (χ4n) is 1.79. The van der Waals surface area contributed by atoms with Crippen LogP contribution in [0.25, 0.3) is 0 Å². The van der Waals surface area contributed by atoms with Crippen molar-refractivity contribution in [2.24, 2.45) is 0 Å². The van der Waals surface area contributed by atoms with Crippen molar-refractivity contribution >= 4 is 13.2 Å². The van der Waals surface area contributed by atoms with Crippen LogP contribution in [0, 0.1) is 5.82 Å². The van der Waals surface area contributed by atoms with Gasteiger partial charge in [0.15, 0.2) is 5.82 Å². The minimum Gasteiger partial charge on any atom is -0.510 e. The first-order valence-electron chi connectivity index (χ1n) is 5.77. The topological polar surface area (TPSA) is 79.2 Å². The van der Waals surface area contributed by atoms with E-state index in [1.165, 1.54) is 6.07 Å². The second-order valence-corrected chi connectivity index (χ2v) is 3.99. The molecule has 1 aromatic rings. The van der Waals surface area contributed by atoms with Crippen molar-refractivity contribution in [3.8, 4) is 5.75 Å². The maximum atomic E-state index is 13.3. The molecule has 1 saturated heterocycles. The Hall–Kier alpha value is -1.64. The molecule has 0 bridgehead atoms. The maximum absolute atomic E-state index is 13.3. The molecule has 1 fully saturated rings. The summed E-state index contributed by atoms with van der Waals surface area (Å²) in [5.41, 5.74) is 0.221. The lowest BCUT2D eigenvalue weighted by Crippen LogP contribution is -2.40. The summed E-state index contributed by atoms with van der Waals surface area (Å²) in [5.74, 6) is -1.43. The fourth-order valence-corrected chi connectivity index (χ4v) is 1.79. The zero-order valence-corrected chi connectivity index (χ0v) is 10.1. The number of hydrogen-bond acceptors (Lipinski definition) is 5. The molecular weight excluding hydrogens is 256 g/mol. The summed E-state index contributed by atoms with van der Waals surface area (Å²) < 4.78 is 22.9. The Bertz CT molecular complexity index is 464. The molecule has 0 atom stereocenters. The van der Waals surface area contributed by atoms with E-state index in [4.69, 9.17) is 14.8 Å². The van der Waals surface area contributed by atoms with Crippen LogP contribution in [0.1, 0.15) is 10.4 Å². The van der Waals surface area contributed by atoms with Gasteiger partial charge < -0.3 is 24.3 Å². The van der Waals surface area contributed by atoms with E-state index >= 15 is 0 Å². The minimum atomic E-state index is -2.14. The molecule has 0 saturated carbocycles. The van der Waals surface area contributed by atoms with Gasteiger partial charge in [-0.3, -0.25) is 4.79 Å². The van der Waals surface area contributed by atoms with E-state index < -0.39 is 13.1 Å². The number of benzene rings is 1. The highest BCUT2D eigenvalue weighted by Gasteiger charge is 2.21. The van der Waals surface area contributed by atoms with E-state index in [9.17, 15) is 9.18 Å². The molecule has 0 spiro atoms. The number of amides is 1. The zero-order chi connectivity index (χ0) is 13.8. The van der Waals surface area contributed by atoms with Gasteiger partial charge in [0.1, 0.15) is 5.75 Å². The number of ether oxygens (including phenoxy) is 1. The molecule has 1 aromatic carbocycles. The van der Waals surface area contributed by atoms with Crippen LogP contribution < -0.4 is 4.65 Å². The molecule has 0 aromatic heterocycles. The molecule has 19 heavy (non-hydrogen) atoms. The van der Waals surface area contributed by atoms with Gasteiger partial charge >= 0.3 is 7.32 Å². The first-order valence-corrected chi connectivity index (χ1v) is 5.77. The third-order valence-electron chi connectivity index (χ3n) is 2.71. The van der Waals surface area contributed by atoms with Crippen LogP contribution in [0.5, 0.6) is 5.75 Å². The summed E-state index contributed by atoms with van der Waals surface area (Å²) in [6, 6.07) is 3.52. The molecule has 102 valence electrons. The van der Waals surface area contributed by atoms with Crippen molar-refractivity contribution in [1.29, 1.82) is 0 Å². The summed E-state index contributed by atoms with van der Waals surface area (Å²) in [6.07, 6.45) is 0. The van der Waals surface area contributed by atoms with Crippen LogP contribution in [0.15, 0.2) is 18.2 Å². The molecule has 1 aliphatic heterocycles. The monoisotopic (exact) mass is 269 g/mol. The Kier molecular flexibility index (Phi) is 4.36. The van der Waals surface area contributed by atoms with Crippen molar-refractivity contribution in [3.05, 3.63) is 29.6 Å². The van der Waals surface area contributed by atoms with E-state index in [-0.39, 0.29) is 17.2 Å². The molecule has 1 aliphatic rings. The van der Waals surface area contributed by atoms with Gasteiger partial charge in [-0.25, -0.2) is 4.39 Å². The second-order valence-electron chi connectivity index (χ2n) is 3.99. The number of carbonyl (C=O) groups excluding carboxylic acids is 1. The third-order valence-corrected chi connectivity index (χ3v) is 2.71. The number of carbonyl (C=O) groups is 1. The molecule has 2 rings (SSSR count). The first kappa shape index (κ1) is 13.8. The Balaban J connectivity index is 2.17. The smallest absolute Gasteiger partial charge is 0.510 e. The van der Waals surface area contributed by atoms with Crippen molar-refractivity contribution in [2.45, 2.75) is 0 Å². The first-order chi connectivity index (χ1) is 9.08. The summed E-state index contributed by atoms with van der Waals surface area (Å²) in [4.78, 5) is 13.7. The average Bonchev–Trinajstić information content (AvgIpc) is 2.41. The van der Waals surface area contributed by atoms with Gasteiger partial charge in [-0.1, -0.05) is 0 Å². The molecule has 1 heterocycles.